The number of hydrogen-bond donors (Lipinski definition) is 0. The minimum atomic E-state index is -0.0102. The summed E-state index contributed by atoms with van der Waals surface area (Å²) in [6, 6.07) is 48.6. The number of fused-ring (bicyclic) bond motifs is 8. The molecule has 0 saturated heterocycles. The van der Waals surface area contributed by atoms with Crippen molar-refractivity contribution in [3.8, 4) is 33.4 Å². The van der Waals surface area contributed by atoms with Crippen LogP contribution in [0.25, 0.3) is 76.9 Å². The summed E-state index contributed by atoms with van der Waals surface area (Å²) in [6.07, 6.45) is 0. The molecule has 0 N–H and O–H groups in total. The standard InChI is InChI=1S/C41H28O/c1-41(2)35-20-9-7-12-26(35)34-24-25(22-23-36(34)41)38-28-14-3-5-16-30(28)39(31-17-6-4-15-29(31)38)33-19-11-18-32-27-13-8-10-21-37(27)42-40(32)33/h3-24H,1-2H3. The molecule has 0 amide bonds. The lowest BCUT2D eigenvalue weighted by Gasteiger charge is -2.22. The Morgan fingerprint density at radius 1 is 0.429 bits per heavy atom. The van der Waals surface area contributed by atoms with Crippen LogP contribution in [-0.2, 0) is 5.41 Å². The molecule has 0 fully saturated rings. The van der Waals surface area contributed by atoms with Gasteiger partial charge < -0.3 is 4.42 Å². The second-order valence-corrected chi connectivity index (χ2v) is 12.1. The molecule has 1 aromatic heterocycles. The van der Waals surface area contributed by atoms with Gasteiger partial charge in [0.05, 0.1) is 0 Å². The summed E-state index contributed by atoms with van der Waals surface area (Å²) in [5.74, 6) is 0. The van der Waals surface area contributed by atoms with E-state index < -0.39 is 0 Å². The quantitative estimate of drug-likeness (QED) is 0.200. The molecule has 42 heavy (non-hydrogen) atoms. The van der Waals surface area contributed by atoms with Gasteiger partial charge in [0, 0.05) is 27.3 Å². The Morgan fingerprint density at radius 3 is 1.71 bits per heavy atom. The molecule has 0 saturated carbocycles. The molecule has 1 heteroatoms. The summed E-state index contributed by atoms with van der Waals surface area (Å²) in [5.41, 5.74) is 12.2. The molecule has 0 spiro atoms. The molecule has 1 aliphatic carbocycles. The van der Waals surface area contributed by atoms with Gasteiger partial charge in [0.15, 0.2) is 0 Å². The van der Waals surface area contributed by atoms with Crippen LogP contribution in [0.15, 0.2) is 138 Å². The van der Waals surface area contributed by atoms with Crippen LogP contribution >= 0.6 is 0 Å². The normalized spacial score (nSPS) is 13.7. The van der Waals surface area contributed by atoms with Gasteiger partial charge in [-0.2, -0.15) is 0 Å². The first kappa shape index (κ1) is 23.6. The van der Waals surface area contributed by atoms with Crippen molar-refractivity contribution in [1.82, 2.24) is 0 Å². The average molecular weight is 537 g/mol. The summed E-state index contributed by atoms with van der Waals surface area (Å²) in [4.78, 5) is 0. The predicted octanol–water partition coefficient (Wildman–Crippen LogP) is 11.5. The van der Waals surface area contributed by atoms with Crippen molar-refractivity contribution in [1.29, 1.82) is 0 Å². The lowest BCUT2D eigenvalue weighted by atomic mass is 9.81. The van der Waals surface area contributed by atoms with Gasteiger partial charge in [0.2, 0.25) is 0 Å². The number of rotatable bonds is 2. The van der Waals surface area contributed by atoms with Crippen LogP contribution in [0.1, 0.15) is 25.0 Å². The third kappa shape index (κ3) is 3.08. The van der Waals surface area contributed by atoms with Crippen LogP contribution in [0.5, 0.6) is 0 Å². The van der Waals surface area contributed by atoms with E-state index in [9.17, 15) is 0 Å². The molecule has 8 aromatic rings. The lowest BCUT2D eigenvalue weighted by Crippen LogP contribution is -2.14. The van der Waals surface area contributed by atoms with E-state index in [1.807, 2.05) is 6.07 Å². The fraction of sp³-hybridized carbons (Fsp3) is 0.0732. The van der Waals surface area contributed by atoms with Gasteiger partial charge in [0.1, 0.15) is 11.2 Å². The van der Waals surface area contributed by atoms with Gasteiger partial charge in [-0.25, -0.2) is 0 Å². The first-order chi connectivity index (χ1) is 20.6. The molecule has 1 nitrogen and oxygen atoms in total. The third-order valence-corrected chi connectivity index (χ3v) is 9.48. The van der Waals surface area contributed by atoms with Crippen LogP contribution in [-0.4, -0.2) is 0 Å². The first-order valence-electron chi connectivity index (χ1n) is 14.7. The van der Waals surface area contributed by atoms with Crippen molar-refractivity contribution in [3.63, 3.8) is 0 Å². The molecule has 1 heterocycles. The highest BCUT2D eigenvalue weighted by atomic mass is 16.3. The number of benzene rings is 7. The fourth-order valence-corrected chi connectivity index (χ4v) is 7.55. The second kappa shape index (κ2) is 8.44. The van der Waals surface area contributed by atoms with E-state index in [0.717, 1.165) is 27.5 Å². The van der Waals surface area contributed by atoms with E-state index >= 15 is 0 Å². The highest BCUT2D eigenvalue weighted by molar-refractivity contribution is 6.24. The molecule has 0 unspecified atom stereocenters. The fourth-order valence-electron chi connectivity index (χ4n) is 7.55. The highest BCUT2D eigenvalue weighted by Crippen LogP contribution is 2.51. The molecule has 0 bridgehead atoms. The highest BCUT2D eigenvalue weighted by Gasteiger charge is 2.35. The zero-order valence-corrected chi connectivity index (χ0v) is 23.6. The van der Waals surface area contributed by atoms with E-state index in [2.05, 4.69) is 141 Å². The largest absolute Gasteiger partial charge is 0.455 e. The molecule has 0 radical (unpaired) electrons. The zero-order chi connectivity index (χ0) is 28.0. The molecule has 198 valence electrons. The topological polar surface area (TPSA) is 13.1 Å². The molecular weight excluding hydrogens is 508 g/mol. The molecular formula is C41H28O. The Bertz CT molecular complexity index is 2330. The van der Waals surface area contributed by atoms with Gasteiger partial charge in [-0.3, -0.25) is 0 Å². The Hall–Kier alpha value is -5.14. The van der Waals surface area contributed by atoms with E-state index in [0.29, 0.717) is 0 Å². The first-order valence-corrected chi connectivity index (χ1v) is 14.7. The second-order valence-electron chi connectivity index (χ2n) is 12.1. The van der Waals surface area contributed by atoms with Crippen LogP contribution < -0.4 is 0 Å². The van der Waals surface area contributed by atoms with Crippen molar-refractivity contribution < 1.29 is 4.42 Å². The van der Waals surface area contributed by atoms with Gasteiger partial charge >= 0.3 is 0 Å². The van der Waals surface area contributed by atoms with Gasteiger partial charge in [-0.1, -0.05) is 135 Å². The van der Waals surface area contributed by atoms with Crippen LogP contribution in [0.3, 0.4) is 0 Å². The Morgan fingerprint density at radius 2 is 0.976 bits per heavy atom. The van der Waals surface area contributed by atoms with Gasteiger partial charge in [-0.05, 0) is 67.1 Å². The SMILES string of the molecule is CC1(C)c2ccccc2-c2cc(-c3c4ccccc4c(-c4cccc5c4oc4ccccc45)c4ccccc34)ccc21. The number of hydrogen-bond acceptors (Lipinski definition) is 1. The van der Waals surface area contributed by atoms with Crippen molar-refractivity contribution in [2.24, 2.45) is 0 Å². The van der Waals surface area contributed by atoms with Gasteiger partial charge in [0.25, 0.3) is 0 Å². The van der Waals surface area contributed by atoms with Gasteiger partial charge in [-0.15, -0.1) is 0 Å². The summed E-state index contributed by atoms with van der Waals surface area (Å²) < 4.78 is 6.55. The summed E-state index contributed by atoms with van der Waals surface area (Å²) >= 11 is 0. The molecule has 7 aromatic carbocycles. The van der Waals surface area contributed by atoms with Crippen molar-refractivity contribution >= 4 is 43.5 Å². The molecule has 9 rings (SSSR count). The third-order valence-electron chi connectivity index (χ3n) is 9.48. The molecule has 1 aliphatic rings. The summed E-state index contributed by atoms with van der Waals surface area (Å²) in [7, 11) is 0. The van der Waals surface area contributed by atoms with E-state index in [4.69, 9.17) is 4.42 Å². The minimum Gasteiger partial charge on any atom is -0.455 e. The lowest BCUT2D eigenvalue weighted by molar-refractivity contribution is 0.660. The smallest absolute Gasteiger partial charge is 0.143 e. The van der Waals surface area contributed by atoms with Crippen molar-refractivity contribution in [3.05, 3.63) is 145 Å². The van der Waals surface area contributed by atoms with E-state index in [1.54, 1.807) is 0 Å². The zero-order valence-electron chi connectivity index (χ0n) is 23.6. The van der Waals surface area contributed by atoms with Crippen molar-refractivity contribution in [2.75, 3.05) is 0 Å². The maximum atomic E-state index is 6.55. The Labute approximate surface area is 244 Å². The molecule has 0 atom stereocenters. The monoisotopic (exact) mass is 536 g/mol. The Balaban J connectivity index is 1.38. The van der Waals surface area contributed by atoms with E-state index in [1.165, 1.54) is 60.5 Å². The average Bonchev–Trinajstić information content (AvgIpc) is 3.52. The Kier molecular flexibility index (Phi) is 4.73. The number of para-hydroxylation sites is 2. The van der Waals surface area contributed by atoms with Crippen LogP contribution in [0.2, 0.25) is 0 Å². The van der Waals surface area contributed by atoms with Crippen LogP contribution in [0, 0.1) is 0 Å². The predicted molar refractivity (Wildman–Crippen MR) is 177 cm³/mol. The summed E-state index contributed by atoms with van der Waals surface area (Å²) in [5, 5.41) is 7.29. The van der Waals surface area contributed by atoms with Crippen LogP contribution in [0.4, 0.5) is 0 Å². The van der Waals surface area contributed by atoms with E-state index in [-0.39, 0.29) is 5.41 Å². The maximum absolute atomic E-state index is 6.55. The summed E-state index contributed by atoms with van der Waals surface area (Å²) in [6.45, 7) is 4.69. The van der Waals surface area contributed by atoms with Crippen molar-refractivity contribution in [2.45, 2.75) is 19.3 Å². The molecule has 0 aliphatic heterocycles. The minimum absolute atomic E-state index is 0.0102. The number of furan rings is 1. The maximum Gasteiger partial charge on any atom is 0.143 e.